The highest BCUT2D eigenvalue weighted by Gasteiger charge is 2.29. The summed E-state index contributed by atoms with van der Waals surface area (Å²) in [6.45, 7) is 4.92. The highest BCUT2D eigenvalue weighted by molar-refractivity contribution is 5.85. The number of carbonyl (C=O) groups is 3. The summed E-state index contributed by atoms with van der Waals surface area (Å²) in [5, 5.41) is 0. The zero-order valence-electron chi connectivity index (χ0n) is 20.0. The van der Waals surface area contributed by atoms with Gasteiger partial charge in [-0.05, 0) is 63.1 Å². The maximum absolute atomic E-state index is 12.6. The molecule has 0 saturated carbocycles. The lowest BCUT2D eigenvalue weighted by molar-refractivity contribution is -0.151. The fourth-order valence-electron chi connectivity index (χ4n) is 3.62. The van der Waals surface area contributed by atoms with Gasteiger partial charge in [0.2, 0.25) is 5.91 Å². The van der Waals surface area contributed by atoms with E-state index in [4.69, 9.17) is 14.2 Å². The average molecular weight is 469 g/mol. The predicted octanol–water partition coefficient (Wildman–Crippen LogP) is 3.43. The van der Waals surface area contributed by atoms with Gasteiger partial charge in [-0.25, -0.2) is 0 Å². The van der Waals surface area contributed by atoms with Gasteiger partial charge in [0.15, 0.2) is 6.61 Å². The Balaban J connectivity index is 1.40. The molecule has 1 aliphatic heterocycles. The number of nitrogens with zero attached hydrogens (tertiary/aromatic N) is 2. The molecule has 0 spiro atoms. The first-order valence-corrected chi connectivity index (χ1v) is 11.5. The van der Waals surface area contributed by atoms with Crippen LogP contribution in [0.4, 0.5) is 0 Å². The van der Waals surface area contributed by atoms with E-state index in [-0.39, 0.29) is 36.9 Å². The van der Waals surface area contributed by atoms with Crippen molar-refractivity contribution in [3.05, 3.63) is 54.1 Å². The number of hydrogen-bond donors (Lipinski definition) is 0. The third-order valence-electron chi connectivity index (χ3n) is 5.71. The van der Waals surface area contributed by atoms with E-state index < -0.39 is 0 Å². The van der Waals surface area contributed by atoms with Crippen LogP contribution in [0.15, 0.2) is 48.5 Å². The summed E-state index contributed by atoms with van der Waals surface area (Å²) in [5.41, 5.74) is 1.16. The second kappa shape index (κ2) is 12.1. The SMILES string of the molecule is CCOC(=O)C1CCN(C(=O)CN(C)C(=O)COc2ccc(Oc3ccc(C)cc3)cc2)CC1. The lowest BCUT2D eigenvalue weighted by atomic mass is 9.97. The molecule has 1 fully saturated rings. The molecular weight excluding hydrogens is 436 g/mol. The Morgan fingerprint density at radius 2 is 1.50 bits per heavy atom. The zero-order chi connectivity index (χ0) is 24.5. The molecule has 2 amide bonds. The molecule has 0 atom stereocenters. The van der Waals surface area contributed by atoms with Crippen molar-refractivity contribution in [1.29, 1.82) is 0 Å². The van der Waals surface area contributed by atoms with Gasteiger partial charge in [0.05, 0.1) is 19.1 Å². The normalized spacial score (nSPS) is 13.8. The molecule has 0 bridgehead atoms. The van der Waals surface area contributed by atoms with Crippen LogP contribution in [0.1, 0.15) is 25.3 Å². The summed E-state index contributed by atoms with van der Waals surface area (Å²) < 4.78 is 16.4. The van der Waals surface area contributed by atoms with E-state index in [9.17, 15) is 14.4 Å². The van der Waals surface area contributed by atoms with Gasteiger partial charge in [-0.2, -0.15) is 0 Å². The van der Waals surface area contributed by atoms with Crippen LogP contribution in [-0.2, 0) is 19.1 Å². The van der Waals surface area contributed by atoms with E-state index in [0.29, 0.717) is 44.0 Å². The molecule has 0 radical (unpaired) electrons. The Hall–Kier alpha value is -3.55. The highest BCUT2D eigenvalue weighted by atomic mass is 16.5. The van der Waals surface area contributed by atoms with Crippen molar-refractivity contribution in [3.8, 4) is 17.2 Å². The number of likely N-dealkylation sites (tertiary alicyclic amines) is 1. The zero-order valence-corrected chi connectivity index (χ0v) is 20.0. The molecular formula is C26H32N2O6. The Morgan fingerprint density at radius 3 is 2.09 bits per heavy atom. The summed E-state index contributed by atoms with van der Waals surface area (Å²) in [6, 6.07) is 14.8. The Bertz CT molecular complexity index is 966. The molecule has 182 valence electrons. The van der Waals surface area contributed by atoms with Crippen molar-refractivity contribution in [1.82, 2.24) is 9.80 Å². The molecule has 2 aromatic carbocycles. The Labute approximate surface area is 200 Å². The van der Waals surface area contributed by atoms with Crippen LogP contribution in [0.5, 0.6) is 17.2 Å². The third-order valence-corrected chi connectivity index (χ3v) is 5.71. The molecule has 0 N–H and O–H groups in total. The molecule has 1 aliphatic rings. The van der Waals surface area contributed by atoms with Crippen molar-refractivity contribution in [2.75, 3.05) is 39.9 Å². The van der Waals surface area contributed by atoms with Gasteiger partial charge >= 0.3 is 5.97 Å². The molecule has 1 saturated heterocycles. The lowest BCUT2D eigenvalue weighted by Gasteiger charge is -2.32. The first-order chi connectivity index (χ1) is 16.4. The van der Waals surface area contributed by atoms with Crippen molar-refractivity contribution < 1.29 is 28.6 Å². The number of rotatable bonds is 9. The number of benzene rings is 2. The van der Waals surface area contributed by atoms with Crippen molar-refractivity contribution >= 4 is 17.8 Å². The van der Waals surface area contributed by atoms with Crippen molar-refractivity contribution in [2.24, 2.45) is 5.92 Å². The lowest BCUT2D eigenvalue weighted by Crippen LogP contribution is -2.46. The Morgan fingerprint density at radius 1 is 0.941 bits per heavy atom. The first kappa shape index (κ1) is 25.1. The van der Waals surface area contributed by atoms with Gasteiger partial charge in [0.1, 0.15) is 17.2 Å². The van der Waals surface area contributed by atoms with E-state index in [1.165, 1.54) is 4.90 Å². The van der Waals surface area contributed by atoms with Crippen LogP contribution in [0, 0.1) is 12.8 Å². The number of amides is 2. The van der Waals surface area contributed by atoms with E-state index >= 15 is 0 Å². The van der Waals surface area contributed by atoms with Crippen LogP contribution >= 0.6 is 0 Å². The largest absolute Gasteiger partial charge is 0.484 e. The number of hydrogen-bond acceptors (Lipinski definition) is 6. The summed E-state index contributed by atoms with van der Waals surface area (Å²) in [6.07, 6.45) is 1.16. The van der Waals surface area contributed by atoms with Crippen molar-refractivity contribution in [3.63, 3.8) is 0 Å². The van der Waals surface area contributed by atoms with Gasteiger partial charge < -0.3 is 24.0 Å². The van der Waals surface area contributed by atoms with E-state index in [1.54, 1.807) is 43.1 Å². The topological polar surface area (TPSA) is 85.4 Å². The second-order valence-electron chi connectivity index (χ2n) is 8.33. The van der Waals surface area contributed by atoms with Gasteiger partial charge in [0, 0.05) is 20.1 Å². The standard InChI is InChI=1S/C26H32N2O6/c1-4-32-26(31)20-13-15-28(16-14-20)24(29)17-27(3)25(30)18-33-21-9-11-23(12-10-21)34-22-7-5-19(2)6-8-22/h5-12,20H,4,13-18H2,1-3H3. The highest BCUT2D eigenvalue weighted by Crippen LogP contribution is 2.24. The monoisotopic (exact) mass is 468 g/mol. The molecule has 0 aliphatic carbocycles. The minimum atomic E-state index is -0.297. The number of esters is 1. The molecule has 34 heavy (non-hydrogen) atoms. The minimum Gasteiger partial charge on any atom is -0.484 e. The maximum atomic E-state index is 12.6. The van der Waals surface area contributed by atoms with E-state index in [0.717, 1.165) is 11.3 Å². The molecule has 8 nitrogen and oxygen atoms in total. The van der Waals surface area contributed by atoms with Crippen LogP contribution < -0.4 is 9.47 Å². The van der Waals surface area contributed by atoms with Gasteiger partial charge in [0.25, 0.3) is 5.91 Å². The minimum absolute atomic E-state index is 0.0321. The fourth-order valence-corrected chi connectivity index (χ4v) is 3.62. The molecule has 3 rings (SSSR count). The predicted molar refractivity (Wildman–Crippen MR) is 127 cm³/mol. The smallest absolute Gasteiger partial charge is 0.309 e. The van der Waals surface area contributed by atoms with Crippen LogP contribution in [0.2, 0.25) is 0 Å². The molecule has 0 unspecified atom stereocenters. The van der Waals surface area contributed by atoms with Crippen molar-refractivity contribution in [2.45, 2.75) is 26.7 Å². The van der Waals surface area contributed by atoms with Gasteiger partial charge in [-0.3, -0.25) is 14.4 Å². The van der Waals surface area contributed by atoms with Gasteiger partial charge in [-0.15, -0.1) is 0 Å². The molecule has 1 heterocycles. The Kier molecular flexibility index (Phi) is 8.90. The summed E-state index contributed by atoms with van der Waals surface area (Å²) in [7, 11) is 1.58. The van der Waals surface area contributed by atoms with Gasteiger partial charge in [-0.1, -0.05) is 17.7 Å². The number of carbonyl (C=O) groups excluding carboxylic acids is 3. The summed E-state index contributed by atoms with van der Waals surface area (Å²) >= 11 is 0. The maximum Gasteiger partial charge on any atom is 0.309 e. The van der Waals surface area contributed by atoms with E-state index in [1.807, 2.05) is 31.2 Å². The molecule has 2 aromatic rings. The quantitative estimate of drug-likeness (QED) is 0.524. The van der Waals surface area contributed by atoms with Crippen LogP contribution in [0.25, 0.3) is 0 Å². The number of aryl methyl sites for hydroxylation is 1. The number of piperidine rings is 1. The fraction of sp³-hybridized carbons (Fsp3) is 0.423. The second-order valence-corrected chi connectivity index (χ2v) is 8.33. The third kappa shape index (κ3) is 7.23. The van der Waals surface area contributed by atoms with Crippen LogP contribution in [0.3, 0.4) is 0 Å². The van der Waals surface area contributed by atoms with E-state index in [2.05, 4.69) is 0 Å². The first-order valence-electron chi connectivity index (χ1n) is 11.5. The summed E-state index contributed by atoms with van der Waals surface area (Å²) in [4.78, 5) is 39.9. The number of ether oxygens (including phenoxy) is 3. The number of likely N-dealkylation sites (N-methyl/N-ethyl adjacent to an activating group) is 1. The summed E-state index contributed by atoms with van der Waals surface area (Å²) in [5.74, 6) is 1.14. The average Bonchev–Trinajstić information content (AvgIpc) is 2.85. The molecule has 8 heteroatoms. The van der Waals surface area contributed by atoms with Crippen LogP contribution in [-0.4, -0.2) is 67.5 Å². The molecule has 0 aromatic heterocycles.